The number of halogens is 2. The van der Waals surface area contributed by atoms with Gasteiger partial charge in [-0.3, -0.25) is 4.21 Å². The molecule has 6 heteroatoms. The van der Waals surface area contributed by atoms with Crippen molar-refractivity contribution in [1.29, 1.82) is 0 Å². The molecule has 0 fully saturated rings. The molecule has 1 aromatic heterocycles. The molecule has 0 aliphatic carbocycles. The highest BCUT2D eigenvalue weighted by Crippen LogP contribution is 2.18. The minimum absolute atomic E-state index is 0.299. The molecule has 19 heavy (non-hydrogen) atoms. The van der Waals surface area contributed by atoms with Crippen LogP contribution in [0.2, 0.25) is 0 Å². The number of imidazole rings is 1. The van der Waals surface area contributed by atoms with Crippen LogP contribution >= 0.6 is 11.6 Å². The maximum atomic E-state index is 13.2. The highest BCUT2D eigenvalue weighted by Gasteiger charge is 2.11. The standard InChI is InChI=1S/C13H16ClFN2OS/c1-2-19(18)8-7-17-12-4-3-10(15)9-11(12)16-13(17)5-6-14/h3-4,9H,2,5-8H2,1H3. The Morgan fingerprint density at radius 1 is 1.47 bits per heavy atom. The Morgan fingerprint density at radius 3 is 2.95 bits per heavy atom. The van der Waals surface area contributed by atoms with Crippen LogP contribution in [0.3, 0.4) is 0 Å². The smallest absolute Gasteiger partial charge is 0.125 e. The van der Waals surface area contributed by atoms with E-state index in [9.17, 15) is 8.60 Å². The number of nitrogens with zero attached hydrogens (tertiary/aromatic N) is 2. The van der Waals surface area contributed by atoms with Crippen molar-refractivity contribution in [3.63, 3.8) is 0 Å². The fraction of sp³-hybridized carbons (Fsp3) is 0.462. The summed E-state index contributed by atoms with van der Waals surface area (Å²) in [6.45, 7) is 2.52. The second-order valence-corrected chi connectivity index (χ2v) is 6.43. The zero-order chi connectivity index (χ0) is 13.8. The Balaban J connectivity index is 2.37. The Labute approximate surface area is 119 Å². The fourth-order valence-electron chi connectivity index (χ4n) is 2.02. The van der Waals surface area contributed by atoms with E-state index in [4.69, 9.17) is 11.6 Å². The maximum Gasteiger partial charge on any atom is 0.125 e. The minimum atomic E-state index is -0.827. The summed E-state index contributed by atoms with van der Waals surface area (Å²) in [5, 5.41) is 0. The Kier molecular flexibility index (Phi) is 4.93. The lowest BCUT2D eigenvalue weighted by Crippen LogP contribution is -2.12. The van der Waals surface area contributed by atoms with Crippen LogP contribution in [-0.2, 0) is 23.8 Å². The molecule has 0 bridgehead atoms. The largest absolute Gasteiger partial charge is 0.327 e. The summed E-state index contributed by atoms with van der Waals surface area (Å²) in [6, 6.07) is 4.55. The number of benzene rings is 1. The van der Waals surface area contributed by atoms with Crippen LogP contribution in [-0.4, -0.2) is 31.1 Å². The van der Waals surface area contributed by atoms with Crippen molar-refractivity contribution in [1.82, 2.24) is 9.55 Å². The molecule has 1 atom stereocenters. The van der Waals surface area contributed by atoms with Crippen molar-refractivity contribution < 1.29 is 8.60 Å². The normalized spacial score (nSPS) is 13.0. The van der Waals surface area contributed by atoms with Gasteiger partial charge >= 0.3 is 0 Å². The average Bonchev–Trinajstić information content (AvgIpc) is 2.73. The number of rotatable bonds is 6. The highest BCUT2D eigenvalue weighted by molar-refractivity contribution is 7.84. The lowest BCUT2D eigenvalue weighted by molar-refractivity contribution is 0.629. The zero-order valence-electron chi connectivity index (χ0n) is 10.7. The first-order valence-electron chi connectivity index (χ1n) is 6.21. The maximum absolute atomic E-state index is 13.2. The highest BCUT2D eigenvalue weighted by atomic mass is 35.5. The molecule has 0 spiro atoms. The third-order valence-corrected chi connectivity index (χ3v) is 4.44. The van der Waals surface area contributed by atoms with E-state index >= 15 is 0 Å². The van der Waals surface area contributed by atoms with E-state index in [1.807, 2.05) is 11.5 Å². The summed E-state index contributed by atoms with van der Waals surface area (Å²) in [5.74, 6) is 2.21. The molecular weight excluding hydrogens is 287 g/mol. The number of fused-ring (bicyclic) bond motifs is 1. The number of hydrogen-bond acceptors (Lipinski definition) is 2. The predicted octanol–water partition coefficient (Wildman–Crippen LogP) is 2.73. The second-order valence-electron chi connectivity index (χ2n) is 4.18. The molecule has 0 saturated carbocycles. The molecule has 104 valence electrons. The van der Waals surface area contributed by atoms with Crippen molar-refractivity contribution in [3.05, 3.63) is 29.8 Å². The van der Waals surface area contributed by atoms with Gasteiger partial charge in [-0.2, -0.15) is 0 Å². The summed E-state index contributed by atoms with van der Waals surface area (Å²) < 4.78 is 26.8. The van der Waals surface area contributed by atoms with Crippen LogP contribution in [0.5, 0.6) is 0 Å². The number of hydrogen-bond donors (Lipinski definition) is 0. The van der Waals surface area contributed by atoms with Crippen molar-refractivity contribution in [2.75, 3.05) is 17.4 Å². The van der Waals surface area contributed by atoms with Gasteiger partial charge in [0.05, 0.1) is 11.0 Å². The molecule has 3 nitrogen and oxygen atoms in total. The second kappa shape index (κ2) is 6.48. The van der Waals surface area contributed by atoms with Crippen molar-refractivity contribution in [2.45, 2.75) is 19.9 Å². The Hall–Kier alpha value is -0.940. The van der Waals surface area contributed by atoms with E-state index in [2.05, 4.69) is 4.98 Å². The monoisotopic (exact) mass is 302 g/mol. The quantitative estimate of drug-likeness (QED) is 0.769. The number of alkyl halides is 1. The lowest BCUT2D eigenvalue weighted by Gasteiger charge is -2.07. The molecular formula is C13H16ClFN2OS. The Morgan fingerprint density at radius 2 is 2.26 bits per heavy atom. The lowest BCUT2D eigenvalue weighted by atomic mass is 10.3. The fourth-order valence-corrected chi connectivity index (χ4v) is 2.86. The zero-order valence-corrected chi connectivity index (χ0v) is 12.3. The molecule has 1 heterocycles. The summed E-state index contributed by atoms with van der Waals surface area (Å²) in [7, 11) is -0.827. The third-order valence-electron chi connectivity index (χ3n) is 2.97. The minimum Gasteiger partial charge on any atom is -0.327 e. The van der Waals surface area contributed by atoms with E-state index in [0.717, 1.165) is 11.3 Å². The third kappa shape index (κ3) is 3.34. The topological polar surface area (TPSA) is 34.9 Å². The SMILES string of the molecule is CCS(=O)CCn1c(CCCl)nc2cc(F)ccc21. The number of aromatic nitrogens is 2. The van der Waals surface area contributed by atoms with E-state index in [1.165, 1.54) is 12.1 Å². The van der Waals surface area contributed by atoms with E-state index < -0.39 is 10.8 Å². The molecule has 2 rings (SSSR count). The van der Waals surface area contributed by atoms with Gasteiger partial charge in [-0.05, 0) is 12.1 Å². The molecule has 0 radical (unpaired) electrons. The van der Waals surface area contributed by atoms with Gasteiger partial charge in [-0.15, -0.1) is 11.6 Å². The molecule has 2 aromatic rings. The number of aryl methyl sites for hydroxylation is 2. The van der Waals surface area contributed by atoms with Gasteiger partial charge in [0.15, 0.2) is 0 Å². The first kappa shape index (κ1) is 14.5. The first-order valence-corrected chi connectivity index (χ1v) is 8.23. The summed E-state index contributed by atoms with van der Waals surface area (Å²) in [6.07, 6.45) is 0.622. The van der Waals surface area contributed by atoms with Crippen molar-refractivity contribution >= 4 is 33.4 Å². The van der Waals surface area contributed by atoms with Gasteiger partial charge in [0.25, 0.3) is 0 Å². The molecule has 1 aromatic carbocycles. The van der Waals surface area contributed by atoms with Gasteiger partial charge < -0.3 is 4.57 Å². The first-order chi connectivity index (χ1) is 9.15. The molecule has 0 aliphatic rings. The molecule has 1 unspecified atom stereocenters. The van der Waals surface area contributed by atoms with Crippen LogP contribution in [0.25, 0.3) is 11.0 Å². The van der Waals surface area contributed by atoms with Crippen LogP contribution in [0.15, 0.2) is 18.2 Å². The van der Waals surface area contributed by atoms with Crippen molar-refractivity contribution in [3.8, 4) is 0 Å². The van der Waals surface area contributed by atoms with Crippen molar-refractivity contribution in [2.24, 2.45) is 0 Å². The van der Waals surface area contributed by atoms with Crippen LogP contribution in [0.1, 0.15) is 12.7 Å². The predicted molar refractivity (Wildman–Crippen MR) is 77.7 cm³/mol. The van der Waals surface area contributed by atoms with Gasteiger partial charge in [-0.1, -0.05) is 6.92 Å². The molecule has 0 aliphatic heterocycles. The summed E-state index contributed by atoms with van der Waals surface area (Å²) >= 11 is 5.77. The van der Waals surface area contributed by atoms with Crippen LogP contribution in [0.4, 0.5) is 4.39 Å². The Bertz CT molecular complexity index is 600. The van der Waals surface area contributed by atoms with Crippen LogP contribution < -0.4 is 0 Å². The average molecular weight is 303 g/mol. The summed E-state index contributed by atoms with van der Waals surface area (Å²) in [4.78, 5) is 4.41. The molecule has 0 amide bonds. The summed E-state index contributed by atoms with van der Waals surface area (Å²) in [5.41, 5.74) is 1.50. The van der Waals surface area contributed by atoms with Gasteiger partial charge in [0.1, 0.15) is 11.6 Å². The van der Waals surface area contributed by atoms with Gasteiger partial charge in [0, 0.05) is 47.2 Å². The van der Waals surface area contributed by atoms with E-state index in [-0.39, 0.29) is 5.82 Å². The van der Waals surface area contributed by atoms with Crippen LogP contribution in [0, 0.1) is 5.82 Å². The molecule has 0 N–H and O–H groups in total. The van der Waals surface area contributed by atoms with E-state index in [0.29, 0.717) is 35.9 Å². The van der Waals surface area contributed by atoms with E-state index in [1.54, 1.807) is 6.07 Å². The van der Waals surface area contributed by atoms with Gasteiger partial charge in [-0.25, -0.2) is 9.37 Å². The molecule has 0 saturated heterocycles. The van der Waals surface area contributed by atoms with Gasteiger partial charge in [0.2, 0.25) is 0 Å².